The normalized spacial score (nSPS) is 10.8. The molecular weight excluding hydrogens is 338 g/mol. The summed E-state index contributed by atoms with van der Waals surface area (Å²) in [6, 6.07) is 11.6. The average Bonchev–Trinajstić information content (AvgIpc) is 3.15. The standard InChI is InChI=1S/C18H15N3O5/c1-24-14-9-13(10-15(11-14)25-2)18-20-19-17(26-18)8-7-12-5-3-4-6-16(12)21(22)23/h3-11H,1-2H3/b8-7+. The molecule has 0 amide bonds. The van der Waals surface area contributed by atoms with Crippen LogP contribution in [-0.4, -0.2) is 29.3 Å². The van der Waals surface area contributed by atoms with E-state index < -0.39 is 4.92 Å². The first-order valence-electron chi connectivity index (χ1n) is 7.59. The number of hydrogen-bond acceptors (Lipinski definition) is 7. The van der Waals surface area contributed by atoms with Crippen LogP contribution in [0.4, 0.5) is 5.69 Å². The quantitative estimate of drug-likeness (QED) is 0.490. The summed E-state index contributed by atoms with van der Waals surface area (Å²) in [6.07, 6.45) is 3.08. The minimum atomic E-state index is -0.443. The molecule has 3 aromatic rings. The third-order valence-corrected chi connectivity index (χ3v) is 3.58. The fraction of sp³-hybridized carbons (Fsp3) is 0.111. The maximum absolute atomic E-state index is 11.0. The van der Waals surface area contributed by atoms with Crippen molar-refractivity contribution in [1.82, 2.24) is 10.2 Å². The highest BCUT2D eigenvalue weighted by Gasteiger charge is 2.12. The summed E-state index contributed by atoms with van der Waals surface area (Å²) in [4.78, 5) is 10.6. The van der Waals surface area contributed by atoms with Crippen molar-refractivity contribution in [1.29, 1.82) is 0 Å². The van der Waals surface area contributed by atoms with Crippen molar-refractivity contribution in [2.24, 2.45) is 0 Å². The molecule has 3 rings (SSSR count). The minimum Gasteiger partial charge on any atom is -0.497 e. The molecule has 0 spiro atoms. The van der Waals surface area contributed by atoms with Crippen LogP contribution in [0.5, 0.6) is 11.5 Å². The molecule has 0 saturated heterocycles. The van der Waals surface area contributed by atoms with Crippen molar-refractivity contribution in [3.63, 3.8) is 0 Å². The first-order chi connectivity index (χ1) is 12.6. The van der Waals surface area contributed by atoms with Crippen LogP contribution in [0.2, 0.25) is 0 Å². The molecule has 0 atom stereocenters. The Morgan fingerprint density at radius 1 is 1.04 bits per heavy atom. The summed E-state index contributed by atoms with van der Waals surface area (Å²) in [7, 11) is 3.10. The van der Waals surface area contributed by atoms with Crippen LogP contribution < -0.4 is 9.47 Å². The van der Waals surface area contributed by atoms with Gasteiger partial charge in [0.1, 0.15) is 11.5 Å². The summed E-state index contributed by atoms with van der Waals surface area (Å²) in [5.74, 6) is 1.69. The molecule has 0 saturated carbocycles. The van der Waals surface area contributed by atoms with Crippen molar-refractivity contribution in [2.45, 2.75) is 0 Å². The highest BCUT2D eigenvalue weighted by Crippen LogP contribution is 2.29. The summed E-state index contributed by atoms with van der Waals surface area (Å²) in [6.45, 7) is 0. The van der Waals surface area contributed by atoms with Gasteiger partial charge in [-0.2, -0.15) is 0 Å². The molecule has 0 fully saturated rings. The molecule has 1 heterocycles. The predicted molar refractivity (Wildman–Crippen MR) is 94.9 cm³/mol. The average molecular weight is 353 g/mol. The van der Waals surface area contributed by atoms with Gasteiger partial charge in [-0.15, -0.1) is 10.2 Å². The second-order valence-corrected chi connectivity index (χ2v) is 5.20. The summed E-state index contributed by atoms with van der Waals surface area (Å²) in [5, 5.41) is 19.0. The molecule has 0 bridgehead atoms. The molecule has 8 nitrogen and oxygen atoms in total. The van der Waals surface area contributed by atoms with Gasteiger partial charge in [-0.25, -0.2) is 0 Å². The number of methoxy groups -OCH3 is 2. The molecule has 26 heavy (non-hydrogen) atoms. The van der Waals surface area contributed by atoms with Crippen LogP contribution in [0, 0.1) is 10.1 Å². The third-order valence-electron chi connectivity index (χ3n) is 3.58. The molecule has 0 N–H and O–H groups in total. The fourth-order valence-corrected chi connectivity index (χ4v) is 2.31. The molecule has 0 unspecified atom stereocenters. The zero-order chi connectivity index (χ0) is 18.5. The van der Waals surface area contributed by atoms with Gasteiger partial charge in [0.05, 0.1) is 24.7 Å². The van der Waals surface area contributed by atoms with E-state index in [0.29, 0.717) is 22.6 Å². The van der Waals surface area contributed by atoms with E-state index in [2.05, 4.69) is 10.2 Å². The number of nitro groups is 1. The van der Waals surface area contributed by atoms with E-state index in [1.165, 1.54) is 12.1 Å². The smallest absolute Gasteiger partial charge is 0.276 e. The van der Waals surface area contributed by atoms with Crippen LogP contribution in [0.1, 0.15) is 11.5 Å². The van der Waals surface area contributed by atoms with Gasteiger partial charge < -0.3 is 13.9 Å². The number of nitro benzene ring substituents is 1. The van der Waals surface area contributed by atoms with Gasteiger partial charge in [-0.05, 0) is 24.3 Å². The molecule has 132 valence electrons. The van der Waals surface area contributed by atoms with E-state index in [0.717, 1.165) is 0 Å². The van der Waals surface area contributed by atoms with Gasteiger partial charge >= 0.3 is 0 Å². The van der Waals surface area contributed by atoms with Gasteiger partial charge in [-0.3, -0.25) is 10.1 Å². The van der Waals surface area contributed by atoms with Gasteiger partial charge in [0, 0.05) is 23.8 Å². The second-order valence-electron chi connectivity index (χ2n) is 5.20. The Balaban J connectivity index is 1.88. The Morgan fingerprint density at radius 2 is 1.73 bits per heavy atom. The van der Waals surface area contributed by atoms with Crippen LogP contribution in [0.15, 0.2) is 46.9 Å². The Morgan fingerprint density at radius 3 is 2.38 bits per heavy atom. The van der Waals surface area contributed by atoms with Gasteiger partial charge in [0.25, 0.3) is 5.69 Å². The van der Waals surface area contributed by atoms with Crippen LogP contribution >= 0.6 is 0 Å². The largest absolute Gasteiger partial charge is 0.497 e. The van der Waals surface area contributed by atoms with E-state index >= 15 is 0 Å². The lowest BCUT2D eigenvalue weighted by Crippen LogP contribution is -1.90. The lowest BCUT2D eigenvalue weighted by Gasteiger charge is -2.05. The lowest BCUT2D eigenvalue weighted by molar-refractivity contribution is -0.385. The topological polar surface area (TPSA) is 101 Å². The Labute approximate surface area is 148 Å². The SMILES string of the molecule is COc1cc(OC)cc(-c2nnc(/C=C/c3ccccc3[N+](=O)[O-])o2)c1. The van der Waals surface area contributed by atoms with Crippen molar-refractivity contribution in [3.8, 4) is 23.0 Å². The highest BCUT2D eigenvalue weighted by atomic mass is 16.6. The summed E-state index contributed by atoms with van der Waals surface area (Å²) >= 11 is 0. The fourth-order valence-electron chi connectivity index (χ4n) is 2.31. The van der Waals surface area contributed by atoms with E-state index in [9.17, 15) is 10.1 Å². The Hall–Kier alpha value is -3.68. The Kier molecular flexibility index (Phi) is 4.93. The number of aromatic nitrogens is 2. The molecule has 0 aliphatic heterocycles. The van der Waals surface area contributed by atoms with Crippen molar-refractivity contribution in [2.75, 3.05) is 14.2 Å². The Bertz CT molecular complexity index is 943. The van der Waals surface area contributed by atoms with Gasteiger partial charge in [0.2, 0.25) is 11.8 Å². The zero-order valence-electron chi connectivity index (χ0n) is 14.1. The van der Waals surface area contributed by atoms with Crippen LogP contribution in [0.25, 0.3) is 23.6 Å². The van der Waals surface area contributed by atoms with E-state index in [1.807, 2.05) is 0 Å². The molecular formula is C18H15N3O5. The number of hydrogen-bond donors (Lipinski definition) is 0. The maximum atomic E-state index is 11.0. The molecule has 1 aromatic heterocycles. The molecule has 2 aromatic carbocycles. The number of rotatable bonds is 6. The molecule has 0 radical (unpaired) electrons. The number of para-hydroxylation sites is 1. The van der Waals surface area contributed by atoms with Crippen molar-refractivity contribution >= 4 is 17.8 Å². The first-order valence-corrected chi connectivity index (χ1v) is 7.59. The predicted octanol–water partition coefficient (Wildman–Crippen LogP) is 3.83. The monoisotopic (exact) mass is 353 g/mol. The first kappa shape index (κ1) is 17.2. The van der Waals surface area contributed by atoms with Gasteiger partial charge in [-0.1, -0.05) is 12.1 Å². The number of nitrogens with zero attached hydrogens (tertiary/aromatic N) is 3. The third kappa shape index (κ3) is 3.69. The summed E-state index contributed by atoms with van der Waals surface area (Å²) < 4.78 is 16.0. The minimum absolute atomic E-state index is 0.000945. The lowest BCUT2D eigenvalue weighted by atomic mass is 10.1. The summed E-state index contributed by atoms with van der Waals surface area (Å²) in [5.41, 5.74) is 1.08. The number of ether oxygens (including phenoxy) is 2. The highest BCUT2D eigenvalue weighted by molar-refractivity contribution is 5.72. The number of benzene rings is 2. The molecule has 8 heteroatoms. The van der Waals surface area contributed by atoms with Gasteiger partial charge in [0.15, 0.2) is 0 Å². The van der Waals surface area contributed by atoms with Crippen molar-refractivity contribution in [3.05, 3.63) is 64.0 Å². The molecule has 0 aliphatic carbocycles. The van der Waals surface area contributed by atoms with Crippen LogP contribution in [0.3, 0.4) is 0 Å². The second kappa shape index (κ2) is 7.47. The maximum Gasteiger partial charge on any atom is 0.276 e. The molecule has 0 aliphatic rings. The van der Waals surface area contributed by atoms with Crippen molar-refractivity contribution < 1.29 is 18.8 Å². The van der Waals surface area contributed by atoms with E-state index in [1.54, 1.807) is 56.7 Å². The van der Waals surface area contributed by atoms with E-state index in [4.69, 9.17) is 13.9 Å². The van der Waals surface area contributed by atoms with E-state index in [-0.39, 0.29) is 17.5 Å². The zero-order valence-corrected chi connectivity index (χ0v) is 14.1. The van der Waals surface area contributed by atoms with Crippen LogP contribution in [-0.2, 0) is 0 Å².